The van der Waals surface area contributed by atoms with Crippen LogP contribution < -0.4 is 5.32 Å². The van der Waals surface area contributed by atoms with Gasteiger partial charge in [-0.05, 0) is 31.9 Å². The Morgan fingerprint density at radius 2 is 2.07 bits per heavy atom. The number of rotatable bonds is 6. The Hall–Kier alpha value is -1.26. The van der Waals surface area contributed by atoms with Crippen molar-refractivity contribution >= 4 is 0 Å². The molecule has 15 heavy (non-hydrogen) atoms. The third kappa shape index (κ3) is 4.67. The minimum absolute atomic E-state index is 0.471. The molecule has 0 radical (unpaired) electrons. The second kappa shape index (κ2) is 7.09. The fourth-order valence-corrected chi connectivity index (χ4v) is 1.69. The van der Waals surface area contributed by atoms with E-state index in [0.29, 0.717) is 6.04 Å². The Balaban J connectivity index is 2.24. The summed E-state index contributed by atoms with van der Waals surface area (Å²) in [5.74, 6) is 2.70. The molecule has 0 aliphatic rings. The van der Waals surface area contributed by atoms with Crippen molar-refractivity contribution in [3.05, 3.63) is 35.9 Å². The van der Waals surface area contributed by atoms with Crippen LogP contribution in [0.25, 0.3) is 0 Å². The number of nitrogens with one attached hydrogen (secondary N) is 1. The molecule has 0 bridgehead atoms. The van der Waals surface area contributed by atoms with Crippen LogP contribution >= 0.6 is 0 Å². The first-order valence-corrected chi connectivity index (χ1v) is 5.51. The minimum atomic E-state index is 0.471. The minimum Gasteiger partial charge on any atom is -0.316 e. The maximum Gasteiger partial charge on any atom is 0.0240 e. The van der Waals surface area contributed by atoms with E-state index in [1.54, 1.807) is 0 Å². The van der Waals surface area contributed by atoms with Crippen LogP contribution in [0, 0.1) is 12.3 Å². The zero-order valence-electron chi connectivity index (χ0n) is 9.37. The van der Waals surface area contributed by atoms with Gasteiger partial charge in [0.25, 0.3) is 0 Å². The maximum atomic E-state index is 5.30. The molecule has 0 heterocycles. The van der Waals surface area contributed by atoms with Crippen LogP contribution in [0.5, 0.6) is 0 Å². The molecule has 1 N–H and O–H groups in total. The summed E-state index contributed by atoms with van der Waals surface area (Å²) in [6, 6.07) is 11.1. The lowest BCUT2D eigenvalue weighted by Gasteiger charge is -2.12. The van der Waals surface area contributed by atoms with Gasteiger partial charge in [0.1, 0.15) is 0 Å². The fraction of sp³-hybridized carbons (Fsp3) is 0.429. The molecule has 1 atom stereocenters. The molecule has 1 aromatic carbocycles. The van der Waals surface area contributed by atoms with Crippen molar-refractivity contribution in [1.29, 1.82) is 0 Å². The van der Waals surface area contributed by atoms with Crippen molar-refractivity contribution in [3.63, 3.8) is 0 Å². The maximum absolute atomic E-state index is 5.30. The number of aryl methyl sites for hydroxylation is 1. The molecule has 1 nitrogen and oxygen atoms in total. The quantitative estimate of drug-likeness (QED) is 0.698. The second-order valence-corrected chi connectivity index (χ2v) is 3.77. The van der Waals surface area contributed by atoms with Crippen LogP contribution in [0.3, 0.4) is 0 Å². The molecular weight excluding hydrogens is 182 g/mol. The molecule has 1 heteroatoms. The van der Waals surface area contributed by atoms with Gasteiger partial charge < -0.3 is 5.32 Å². The van der Waals surface area contributed by atoms with Gasteiger partial charge in [0, 0.05) is 12.5 Å². The number of benzene rings is 1. The van der Waals surface area contributed by atoms with Crippen LogP contribution in [0.4, 0.5) is 0 Å². The summed E-state index contributed by atoms with van der Waals surface area (Å²) in [6.45, 7) is 0. The standard InChI is InChI=1S/C14H19N/c1-3-8-14(15-2)12-7-11-13-9-5-4-6-10-13/h1,4-6,9-10,14-15H,7-8,11-12H2,2H3. The first-order valence-electron chi connectivity index (χ1n) is 5.51. The highest BCUT2D eigenvalue weighted by molar-refractivity contribution is 5.14. The lowest BCUT2D eigenvalue weighted by Crippen LogP contribution is -2.24. The van der Waals surface area contributed by atoms with Gasteiger partial charge in [-0.2, -0.15) is 0 Å². The van der Waals surface area contributed by atoms with Crippen LogP contribution in [0.1, 0.15) is 24.8 Å². The van der Waals surface area contributed by atoms with Crippen molar-refractivity contribution in [2.24, 2.45) is 0 Å². The SMILES string of the molecule is C#CCC(CCCc1ccccc1)NC. The molecule has 0 saturated heterocycles. The van der Waals surface area contributed by atoms with Gasteiger partial charge in [-0.1, -0.05) is 30.3 Å². The first-order chi connectivity index (χ1) is 7.36. The van der Waals surface area contributed by atoms with E-state index in [-0.39, 0.29) is 0 Å². The summed E-state index contributed by atoms with van der Waals surface area (Å²) in [5, 5.41) is 3.25. The molecule has 1 aromatic rings. The van der Waals surface area contributed by atoms with Gasteiger partial charge in [0.15, 0.2) is 0 Å². The van der Waals surface area contributed by atoms with E-state index in [1.807, 2.05) is 7.05 Å². The summed E-state index contributed by atoms with van der Waals surface area (Å²) in [6.07, 6.45) is 9.61. The average molecular weight is 201 g/mol. The van der Waals surface area contributed by atoms with Gasteiger partial charge in [0.05, 0.1) is 0 Å². The molecule has 0 aliphatic heterocycles. The van der Waals surface area contributed by atoms with Crippen molar-refractivity contribution in [2.45, 2.75) is 31.7 Å². The van der Waals surface area contributed by atoms with E-state index in [9.17, 15) is 0 Å². The third-order valence-electron chi connectivity index (χ3n) is 2.63. The van der Waals surface area contributed by atoms with Crippen LogP contribution in [-0.4, -0.2) is 13.1 Å². The lowest BCUT2D eigenvalue weighted by atomic mass is 10.0. The highest BCUT2D eigenvalue weighted by Gasteiger charge is 2.03. The Kier molecular flexibility index (Phi) is 5.58. The number of hydrogen-bond donors (Lipinski definition) is 1. The Morgan fingerprint density at radius 3 is 2.67 bits per heavy atom. The Labute approximate surface area is 92.9 Å². The van der Waals surface area contributed by atoms with Crippen molar-refractivity contribution < 1.29 is 0 Å². The molecular formula is C14H19N. The van der Waals surface area contributed by atoms with E-state index < -0.39 is 0 Å². The Bertz CT molecular complexity index is 297. The molecule has 0 aliphatic carbocycles. The Morgan fingerprint density at radius 1 is 1.33 bits per heavy atom. The highest BCUT2D eigenvalue weighted by Crippen LogP contribution is 2.07. The first kappa shape index (κ1) is 11.8. The highest BCUT2D eigenvalue weighted by atomic mass is 14.9. The molecule has 0 fully saturated rings. The van der Waals surface area contributed by atoms with E-state index >= 15 is 0 Å². The van der Waals surface area contributed by atoms with Crippen molar-refractivity contribution in [1.82, 2.24) is 5.32 Å². The van der Waals surface area contributed by atoms with Gasteiger partial charge >= 0.3 is 0 Å². The number of hydrogen-bond acceptors (Lipinski definition) is 1. The number of terminal acetylenes is 1. The van der Waals surface area contributed by atoms with Gasteiger partial charge in [0.2, 0.25) is 0 Å². The van der Waals surface area contributed by atoms with Crippen molar-refractivity contribution in [3.8, 4) is 12.3 Å². The normalized spacial score (nSPS) is 12.0. The molecule has 1 rings (SSSR count). The molecule has 0 saturated carbocycles. The van der Waals surface area contributed by atoms with E-state index in [1.165, 1.54) is 12.0 Å². The summed E-state index contributed by atoms with van der Waals surface area (Å²) in [7, 11) is 1.98. The molecule has 0 spiro atoms. The topological polar surface area (TPSA) is 12.0 Å². The summed E-state index contributed by atoms with van der Waals surface area (Å²) < 4.78 is 0. The van der Waals surface area contributed by atoms with Crippen LogP contribution in [0.15, 0.2) is 30.3 Å². The smallest absolute Gasteiger partial charge is 0.0240 e. The molecule has 0 aromatic heterocycles. The fourth-order valence-electron chi connectivity index (χ4n) is 1.69. The summed E-state index contributed by atoms with van der Waals surface area (Å²) in [5.41, 5.74) is 1.41. The monoisotopic (exact) mass is 201 g/mol. The third-order valence-corrected chi connectivity index (χ3v) is 2.63. The van der Waals surface area contributed by atoms with E-state index in [0.717, 1.165) is 19.3 Å². The summed E-state index contributed by atoms with van der Waals surface area (Å²) in [4.78, 5) is 0. The molecule has 1 unspecified atom stereocenters. The molecule has 0 amide bonds. The lowest BCUT2D eigenvalue weighted by molar-refractivity contribution is 0.514. The van der Waals surface area contributed by atoms with E-state index in [4.69, 9.17) is 6.42 Å². The van der Waals surface area contributed by atoms with E-state index in [2.05, 4.69) is 41.6 Å². The van der Waals surface area contributed by atoms with Gasteiger partial charge in [-0.15, -0.1) is 12.3 Å². The predicted molar refractivity (Wildman–Crippen MR) is 65.7 cm³/mol. The van der Waals surface area contributed by atoms with Crippen LogP contribution in [-0.2, 0) is 6.42 Å². The summed E-state index contributed by atoms with van der Waals surface area (Å²) >= 11 is 0. The van der Waals surface area contributed by atoms with Crippen LogP contribution in [0.2, 0.25) is 0 Å². The average Bonchev–Trinajstić information content (AvgIpc) is 2.29. The molecule has 80 valence electrons. The zero-order valence-corrected chi connectivity index (χ0v) is 9.37. The second-order valence-electron chi connectivity index (χ2n) is 3.77. The largest absolute Gasteiger partial charge is 0.316 e. The van der Waals surface area contributed by atoms with Gasteiger partial charge in [-0.3, -0.25) is 0 Å². The van der Waals surface area contributed by atoms with Crippen molar-refractivity contribution in [2.75, 3.05) is 7.05 Å². The predicted octanol–water partition coefficient (Wildman–Crippen LogP) is 2.62. The van der Waals surface area contributed by atoms with Gasteiger partial charge in [-0.25, -0.2) is 0 Å². The zero-order chi connectivity index (χ0) is 10.9.